The molecule has 0 unspecified atom stereocenters. The Labute approximate surface area is 116 Å². The predicted octanol–water partition coefficient (Wildman–Crippen LogP) is 2.10. The number of aryl methyl sites for hydroxylation is 1. The number of aromatic nitrogens is 2. The van der Waals surface area contributed by atoms with Gasteiger partial charge in [-0.25, -0.2) is 9.78 Å². The highest BCUT2D eigenvalue weighted by Gasteiger charge is 2.10. The van der Waals surface area contributed by atoms with E-state index in [1.54, 1.807) is 25.4 Å². The summed E-state index contributed by atoms with van der Waals surface area (Å²) < 4.78 is 4.98. The van der Waals surface area contributed by atoms with Crippen molar-refractivity contribution in [3.8, 4) is 5.88 Å². The van der Waals surface area contributed by atoms with Crippen LogP contribution in [0.3, 0.4) is 0 Å². The first-order chi connectivity index (χ1) is 9.60. The molecule has 0 spiro atoms. The number of rotatable bonds is 5. The summed E-state index contributed by atoms with van der Waals surface area (Å²) in [6.07, 6.45) is 3.03. The van der Waals surface area contributed by atoms with Crippen molar-refractivity contribution in [2.45, 2.75) is 13.5 Å². The van der Waals surface area contributed by atoms with Gasteiger partial charge in [0.2, 0.25) is 5.88 Å². The number of aromatic carboxylic acids is 1. The van der Waals surface area contributed by atoms with E-state index in [2.05, 4.69) is 15.3 Å². The van der Waals surface area contributed by atoms with Crippen molar-refractivity contribution < 1.29 is 14.6 Å². The summed E-state index contributed by atoms with van der Waals surface area (Å²) in [6.45, 7) is 2.28. The zero-order chi connectivity index (χ0) is 14.5. The lowest BCUT2D eigenvalue weighted by molar-refractivity contribution is 0.0697. The number of pyridine rings is 2. The van der Waals surface area contributed by atoms with Gasteiger partial charge < -0.3 is 15.2 Å². The van der Waals surface area contributed by atoms with Gasteiger partial charge in [-0.2, -0.15) is 0 Å². The second-order valence-electron chi connectivity index (χ2n) is 4.24. The number of anilines is 1. The maximum absolute atomic E-state index is 11.1. The third-order valence-electron chi connectivity index (χ3n) is 2.76. The molecular weight excluding hydrogens is 258 g/mol. The second-order valence-corrected chi connectivity index (χ2v) is 4.24. The number of carbonyl (C=O) groups is 1. The molecule has 0 amide bonds. The maximum atomic E-state index is 11.1. The average molecular weight is 273 g/mol. The highest BCUT2D eigenvalue weighted by Crippen LogP contribution is 2.17. The van der Waals surface area contributed by atoms with Crippen LogP contribution in [0, 0.1) is 6.92 Å². The Kier molecular flexibility index (Phi) is 4.14. The topological polar surface area (TPSA) is 84.3 Å². The second kappa shape index (κ2) is 6.01. The number of carboxylic acids is 1. The minimum absolute atomic E-state index is 0.150. The molecule has 2 rings (SSSR count). The zero-order valence-corrected chi connectivity index (χ0v) is 11.3. The summed E-state index contributed by atoms with van der Waals surface area (Å²) in [4.78, 5) is 19.2. The van der Waals surface area contributed by atoms with E-state index in [1.807, 2.05) is 13.0 Å². The van der Waals surface area contributed by atoms with Gasteiger partial charge in [0.05, 0.1) is 12.8 Å². The summed E-state index contributed by atoms with van der Waals surface area (Å²) >= 11 is 0. The van der Waals surface area contributed by atoms with Crippen molar-refractivity contribution >= 4 is 11.7 Å². The first-order valence-corrected chi connectivity index (χ1v) is 6.03. The van der Waals surface area contributed by atoms with Gasteiger partial charge in [0.25, 0.3) is 0 Å². The molecule has 0 saturated carbocycles. The molecule has 2 aromatic rings. The number of nitrogens with one attached hydrogen (secondary N) is 1. The van der Waals surface area contributed by atoms with Crippen LogP contribution in [0.4, 0.5) is 5.69 Å². The molecule has 6 heteroatoms. The minimum Gasteiger partial charge on any atom is -0.481 e. The van der Waals surface area contributed by atoms with Gasteiger partial charge in [0.15, 0.2) is 0 Å². The number of ether oxygens (including phenoxy) is 1. The summed E-state index contributed by atoms with van der Waals surface area (Å²) in [5, 5.41) is 12.2. The van der Waals surface area contributed by atoms with Crippen LogP contribution in [0.2, 0.25) is 0 Å². The quantitative estimate of drug-likeness (QED) is 0.868. The predicted molar refractivity (Wildman–Crippen MR) is 74.0 cm³/mol. The molecule has 20 heavy (non-hydrogen) atoms. The molecule has 104 valence electrons. The first-order valence-electron chi connectivity index (χ1n) is 6.03. The summed E-state index contributed by atoms with van der Waals surface area (Å²) in [6, 6.07) is 5.33. The number of methoxy groups -OCH3 is 1. The van der Waals surface area contributed by atoms with E-state index in [0.717, 1.165) is 11.3 Å². The fourth-order valence-corrected chi connectivity index (χ4v) is 1.71. The van der Waals surface area contributed by atoms with Crippen LogP contribution < -0.4 is 10.1 Å². The first kappa shape index (κ1) is 13.8. The van der Waals surface area contributed by atoms with Crippen molar-refractivity contribution in [1.82, 2.24) is 9.97 Å². The van der Waals surface area contributed by atoms with Crippen LogP contribution in [0.5, 0.6) is 5.88 Å². The SMILES string of the molecule is COc1ccc(CNc2cc(C)ncc2C(=O)O)cn1. The molecule has 2 heterocycles. The van der Waals surface area contributed by atoms with Gasteiger partial charge in [-0.15, -0.1) is 0 Å². The molecule has 0 aliphatic heterocycles. The van der Waals surface area contributed by atoms with E-state index in [9.17, 15) is 4.79 Å². The van der Waals surface area contributed by atoms with Gasteiger partial charge in [-0.05, 0) is 18.6 Å². The molecular formula is C14H15N3O3. The van der Waals surface area contributed by atoms with Crippen LogP contribution in [0.1, 0.15) is 21.6 Å². The Morgan fingerprint density at radius 1 is 1.35 bits per heavy atom. The largest absolute Gasteiger partial charge is 0.481 e. The van der Waals surface area contributed by atoms with Gasteiger partial charge in [-0.1, -0.05) is 6.07 Å². The fourth-order valence-electron chi connectivity index (χ4n) is 1.71. The highest BCUT2D eigenvalue weighted by atomic mass is 16.5. The fraction of sp³-hybridized carbons (Fsp3) is 0.214. The van der Waals surface area contributed by atoms with E-state index in [-0.39, 0.29) is 5.56 Å². The van der Waals surface area contributed by atoms with Crippen molar-refractivity contribution in [3.05, 3.63) is 47.4 Å². The third kappa shape index (κ3) is 3.23. The number of hydrogen-bond acceptors (Lipinski definition) is 5. The number of nitrogens with zero attached hydrogens (tertiary/aromatic N) is 2. The lowest BCUT2D eigenvalue weighted by Gasteiger charge is -2.10. The molecule has 0 atom stereocenters. The molecule has 0 aromatic carbocycles. The lowest BCUT2D eigenvalue weighted by Crippen LogP contribution is -2.08. The zero-order valence-electron chi connectivity index (χ0n) is 11.3. The van der Waals surface area contributed by atoms with Gasteiger partial charge in [-0.3, -0.25) is 4.98 Å². The molecule has 0 bridgehead atoms. The minimum atomic E-state index is -1.01. The number of hydrogen-bond donors (Lipinski definition) is 2. The Balaban J connectivity index is 2.13. The van der Waals surface area contributed by atoms with Crippen molar-refractivity contribution in [3.63, 3.8) is 0 Å². The smallest absolute Gasteiger partial charge is 0.339 e. The van der Waals surface area contributed by atoms with E-state index in [4.69, 9.17) is 9.84 Å². The van der Waals surface area contributed by atoms with Gasteiger partial charge in [0, 0.05) is 30.7 Å². The average Bonchev–Trinajstić information content (AvgIpc) is 2.45. The normalized spacial score (nSPS) is 10.1. The van der Waals surface area contributed by atoms with Crippen molar-refractivity contribution in [1.29, 1.82) is 0 Å². The molecule has 0 aliphatic carbocycles. The van der Waals surface area contributed by atoms with Gasteiger partial charge >= 0.3 is 5.97 Å². The molecule has 0 fully saturated rings. The van der Waals surface area contributed by atoms with Crippen LogP contribution in [0.15, 0.2) is 30.6 Å². The maximum Gasteiger partial charge on any atom is 0.339 e. The van der Waals surface area contributed by atoms with E-state index in [0.29, 0.717) is 18.1 Å². The van der Waals surface area contributed by atoms with E-state index >= 15 is 0 Å². The summed E-state index contributed by atoms with van der Waals surface area (Å²) in [5.74, 6) is -0.465. The monoisotopic (exact) mass is 273 g/mol. The summed E-state index contributed by atoms with van der Waals surface area (Å²) in [5.41, 5.74) is 2.37. The van der Waals surface area contributed by atoms with Crippen LogP contribution in [-0.4, -0.2) is 28.2 Å². The third-order valence-corrected chi connectivity index (χ3v) is 2.76. The van der Waals surface area contributed by atoms with Crippen LogP contribution >= 0.6 is 0 Å². The Morgan fingerprint density at radius 2 is 2.15 bits per heavy atom. The Bertz CT molecular complexity index is 612. The number of carboxylic acid groups (broad SMARTS) is 1. The Hall–Kier alpha value is -2.63. The van der Waals surface area contributed by atoms with Crippen molar-refractivity contribution in [2.24, 2.45) is 0 Å². The Morgan fingerprint density at radius 3 is 2.75 bits per heavy atom. The molecule has 0 saturated heterocycles. The summed E-state index contributed by atoms with van der Waals surface area (Å²) in [7, 11) is 1.55. The standard InChI is InChI=1S/C14H15N3O3/c1-9-5-12(11(8-15-9)14(18)19)16-6-10-3-4-13(20-2)17-7-10/h3-5,7-8H,6H2,1-2H3,(H,15,16)(H,18,19). The van der Waals surface area contributed by atoms with Crippen molar-refractivity contribution in [2.75, 3.05) is 12.4 Å². The van der Waals surface area contributed by atoms with E-state index < -0.39 is 5.97 Å². The van der Waals surface area contributed by atoms with Crippen LogP contribution in [-0.2, 0) is 6.54 Å². The molecule has 0 aliphatic rings. The molecule has 2 N–H and O–H groups in total. The highest BCUT2D eigenvalue weighted by molar-refractivity contribution is 5.93. The lowest BCUT2D eigenvalue weighted by atomic mass is 10.2. The molecule has 6 nitrogen and oxygen atoms in total. The van der Waals surface area contributed by atoms with Crippen LogP contribution in [0.25, 0.3) is 0 Å². The van der Waals surface area contributed by atoms with E-state index in [1.165, 1.54) is 6.20 Å². The van der Waals surface area contributed by atoms with Gasteiger partial charge in [0.1, 0.15) is 5.56 Å². The molecule has 2 aromatic heterocycles. The molecule has 0 radical (unpaired) electrons.